The van der Waals surface area contributed by atoms with Crippen molar-refractivity contribution in [1.82, 2.24) is 0 Å². The summed E-state index contributed by atoms with van der Waals surface area (Å²) in [5.74, 6) is -0.496. The van der Waals surface area contributed by atoms with Gasteiger partial charge in [-0.15, -0.1) is 0 Å². The second kappa shape index (κ2) is 6.59. The summed E-state index contributed by atoms with van der Waals surface area (Å²) in [6.45, 7) is 2.33. The number of hydrogen-bond donors (Lipinski definition) is 1. The first-order valence-electron chi connectivity index (χ1n) is 7.79. The Balaban J connectivity index is 1.82. The van der Waals surface area contributed by atoms with Crippen LogP contribution in [0.1, 0.15) is 18.1 Å². The van der Waals surface area contributed by atoms with Gasteiger partial charge in [0, 0.05) is 17.3 Å². The molecule has 0 saturated carbocycles. The molecule has 0 fully saturated rings. The maximum Gasteiger partial charge on any atom is 0.418 e. The third kappa shape index (κ3) is 3.58. The van der Waals surface area contributed by atoms with Gasteiger partial charge in [-0.2, -0.15) is 13.2 Å². The van der Waals surface area contributed by atoms with Crippen LogP contribution in [0.2, 0.25) is 5.02 Å². The average Bonchev–Trinajstić information content (AvgIpc) is 2.98. The molecule has 132 valence electrons. The Morgan fingerprint density at radius 1 is 1.24 bits per heavy atom. The Kier molecular flexibility index (Phi) is 4.64. The molecule has 25 heavy (non-hydrogen) atoms. The van der Waals surface area contributed by atoms with E-state index in [1.54, 1.807) is 6.92 Å². The van der Waals surface area contributed by atoms with E-state index in [2.05, 4.69) is 5.32 Å². The molecule has 1 aliphatic heterocycles. The molecule has 0 radical (unpaired) electrons. The first-order chi connectivity index (χ1) is 11.8. The van der Waals surface area contributed by atoms with Crippen molar-refractivity contribution in [2.45, 2.75) is 25.6 Å². The van der Waals surface area contributed by atoms with Crippen molar-refractivity contribution < 1.29 is 18.0 Å². The van der Waals surface area contributed by atoms with Gasteiger partial charge in [-0.05, 0) is 43.2 Å². The number of hydrogen-bond acceptors (Lipinski definition) is 2. The first kappa shape index (κ1) is 17.6. The molecule has 1 amide bonds. The van der Waals surface area contributed by atoms with Crippen molar-refractivity contribution in [3.63, 3.8) is 0 Å². The van der Waals surface area contributed by atoms with E-state index >= 15 is 0 Å². The Morgan fingerprint density at radius 3 is 2.68 bits per heavy atom. The lowest BCUT2D eigenvalue weighted by atomic mass is 10.1. The van der Waals surface area contributed by atoms with Crippen LogP contribution < -0.4 is 10.2 Å². The lowest BCUT2D eigenvalue weighted by Crippen LogP contribution is -2.41. The number of nitrogens with zero attached hydrogens (tertiary/aromatic N) is 1. The largest absolute Gasteiger partial charge is 0.418 e. The summed E-state index contributed by atoms with van der Waals surface area (Å²) < 4.78 is 39.5. The smallest absolute Gasteiger partial charge is 0.359 e. The maximum absolute atomic E-state index is 13.2. The van der Waals surface area contributed by atoms with E-state index in [1.807, 2.05) is 29.2 Å². The molecule has 3 rings (SSSR count). The van der Waals surface area contributed by atoms with Crippen LogP contribution in [0.3, 0.4) is 0 Å². The van der Waals surface area contributed by atoms with E-state index < -0.39 is 23.7 Å². The average molecular weight is 369 g/mol. The van der Waals surface area contributed by atoms with E-state index in [4.69, 9.17) is 11.6 Å². The SMILES string of the molecule is C[C@H](C(=O)Nc1ccc(Cl)cc1C(F)(F)F)N1CCc2ccccc21. The van der Waals surface area contributed by atoms with Gasteiger partial charge in [-0.1, -0.05) is 29.8 Å². The van der Waals surface area contributed by atoms with Crippen LogP contribution in [0.25, 0.3) is 0 Å². The molecule has 1 N–H and O–H groups in total. The molecule has 1 heterocycles. The Labute approximate surface area is 148 Å². The van der Waals surface area contributed by atoms with Crippen LogP contribution in [0.5, 0.6) is 0 Å². The number of carbonyl (C=O) groups excluding carboxylic acids is 1. The molecule has 0 aliphatic carbocycles. The topological polar surface area (TPSA) is 32.3 Å². The van der Waals surface area contributed by atoms with Gasteiger partial charge < -0.3 is 10.2 Å². The zero-order valence-electron chi connectivity index (χ0n) is 13.4. The third-order valence-electron chi connectivity index (χ3n) is 4.31. The highest BCUT2D eigenvalue weighted by molar-refractivity contribution is 6.30. The summed E-state index contributed by atoms with van der Waals surface area (Å²) in [4.78, 5) is 14.4. The summed E-state index contributed by atoms with van der Waals surface area (Å²) >= 11 is 5.66. The monoisotopic (exact) mass is 368 g/mol. The lowest BCUT2D eigenvalue weighted by molar-refractivity contribution is -0.137. The number of para-hydroxylation sites is 1. The number of alkyl halides is 3. The molecule has 0 bridgehead atoms. The van der Waals surface area contributed by atoms with Crippen molar-refractivity contribution in [2.24, 2.45) is 0 Å². The fourth-order valence-electron chi connectivity index (χ4n) is 3.00. The number of nitrogens with one attached hydrogen (secondary N) is 1. The van der Waals surface area contributed by atoms with E-state index in [0.29, 0.717) is 6.54 Å². The van der Waals surface area contributed by atoms with Crippen LogP contribution >= 0.6 is 11.6 Å². The zero-order valence-corrected chi connectivity index (χ0v) is 14.2. The van der Waals surface area contributed by atoms with Crippen molar-refractivity contribution in [2.75, 3.05) is 16.8 Å². The van der Waals surface area contributed by atoms with Gasteiger partial charge in [0.2, 0.25) is 5.91 Å². The highest BCUT2D eigenvalue weighted by Crippen LogP contribution is 2.37. The maximum atomic E-state index is 13.2. The number of halogens is 4. The summed E-state index contributed by atoms with van der Waals surface area (Å²) in [5.41, 5.74) is 0.825. The van der Waals surface area contributed by atoms with Crippen molar-refractivity contribution in [3.05, 3.63) is 58.6 Å². The van der Waals surface area contributed by atoms with Gasteiger partial charge >= 0.3 is 6.18 Å². The van der Waals surface area contributed by atoms with Crippen molar-refractivity contribution in [1.29, 1.82) is 0 Å². The standard InChI is InChI=1S/C18H16ClF3N2O/c1-11(24-9-8-12-4-2-3-5-16(12)24)17(25)23-15-7-6-13(19)10-14(15)18(20,21)22/h2-7,10-11H,8-9H2,1H3,(H,23,25)/t11-/m1/s1. The minimum atomic E-state index is -4.60. The predicted molar refractivity (Wildman–Crippen MR) is 92.0 cm³/mol. The molecule has 3 nitrogen and oxygen atoms in total. The summed E-state index contributed by atoms with van der Waals surface area (Å²) in [7, 11) is 0. The van der Waals surface area contributed by atoms with E-state index in [0.717, 1.165) is 23.7 Å². The van der Waals surface area contributed by atoms with E-state index in [1.165, 1.54) is 12.1 Å². The van der Waals surface area contributed by atoms with Crippen LogP contribution in [-0.4, -0.2) is 18.5 Å². The minimum Gasteiger partial charge on any atom is -0.359 e. The van der Waals surface area contributed by atoms with E-state index in [-0.39, 0.29) is 10.7 Å². The highest BCUT2D eigenvalue weighted by atomic mass is 35.5. The second-order valence-electron chi connectivity index (χ2n) is 5.92. The molecular formula is C18H16ClF3N2O. The normalized spacial score (nSPS) is 15.0. The molecule has 0 saturated heterocycles. The van der Waals surface area contributed by atoms with Gasteiger partial charge in [0.1, 0.15) is 6.04 Å². The number of fused-ring (bicyclic) bond motifs is 1. The number of carbonyl (C=O) groups is 1. The van der Waals surface area contributed by atoms with Crippen LogP contribution in [-0.2, 0) is 17.4 Å². The molecule has 2 aromatic rings. The molecule has 2 aromatic carbocycles. The Morgan fingerprint density at radius 2 is 1.96 bits per heavy atom. The highest BCUT2D eigenvalue weighted by Gasteiger charge is 2.35. The number of amides is 1. The molecule has 1 atom stereocenters. The van der Waals surface area contributed by atoms with Gasteiger partial charge in [0.15, 0.2) is 0 Å². The lowest BCUT2D eigenvalue weighted by Gasteiger charge is -2.27. The summed E-state index contributed by atoms with van der Waals surface area (Å²) in [6.07, 6.45) is -3.79. The number of anilines is 2. The van der Waals surface area contributed by atoms with Crippen molar-refractivity contribution in [3.8, 4) is 0 Å². The molecule has 1 aliphatic rings. The van der Waals surface area contributed by atoms with Crippen LogP contribution in [0.4, 0.5) is 24.5 Å². The predicted octanol–water partition coefficient (Wildman–Crippen LogP) is 4.75. The van der Waals surface area contributed by atoms with Crippen LogP contribution in [0.15, 0.2) is 42.5 Å². The molecular weight excluding hydrogens is 353 g/mol. The molecule has 0 unspecified atom stereocenters. The molecule has 0 spiro atoms. The van der Waals surface area contributed by atoms with Crippen LogP contribution in [0, 0.1) is 0 Å². The zero-order chi connectivity index (χ0) is 18.2. The van der Waals surface area contributed by atoms with Gasteiger partial charge in [-0.25, -0.2) is 0 Å². The summed E-state index contributed by atoms with van der Waals surface area (Å²) in [5, 5.41) is 2.36. The molecule has 0 aromatic heterocycles. The molecule has 7 heteroatoms. The minimum absolute atomic E-state index is 0.0353. The Bertz CT molecular complexity index is 807. The van der Waals surface area contributed by atoms with Gasteiger partial charge in [0.25, 0.3) is 0 Å². The van der Waals surface area contributed by atoms with Gasteiger partial charge in [0.05, 0.1) is 11.3 Å². The third-order valence-corrected chi connectivity index (χ3v) is 4.55. The number of rotatable bonds is 3. The quantitative estimate of drug-likeness (QED) is 0.848. The fourth-order valence-corrected chi connectivity index (χ4v) is 3.18. The second-order valence-corrected chi connectivity index (χ2v) is 6.36. The van der Waals surface area contributed by atoms with E-state index in [9.17, 15) is 18.0 Å². The fraction of sp³-hybridized carbons (Fsp3) is 0.278. The first-order valence-corrected chi connectivity index (χ1v) is 8.17. The van der Waals surface area contributed by atoms with Crippen molar-refractivity contribution >= 4 is 28.9 Å². The Hall–Kier alpha value is -2.21. The number of benzene rings is 2. The van der Waals surface area contributed by atoms with Gasteiger partial charge in [-0.3, -0.25) is 4.79 Å². The summed E-state index contributed by atoms with van der Waals surface area (Å²) in [6, 6.07) is 10.4.